The van der Waals surface area contributed by atoms with Crippen LogP contribution in [0.3, 0.4) is 0 Å². The van der Waals surface area contributed by atoms with Gasteiger partial charge in [-0.2, -0.15) is 0 Å². The van der Waals surface area contributed by atoms with Gasteiger partial charge in [0.15, 0.2) is 6.10 Å². The summed E-state index contributed by atoms with van der Waals surface area (Å²) in [5, 5.41) is 4.83. The Hall–Kier alpha value is -1.55. The van der Waals surface area contributed by atoms with E-state index in [1.165, 1.54) is 0 Å². The summed E-state index contributed by atoms with van der Waals surface area (Å²) >= 11 is 5.87. The van der Waals surface area contributed by atoms with Gasteiger partial charge in [-0.05, 0) is 24.6 Å². The van der Waals surface area contributed by atoms with E-state index in [4.69, 9.17) is 16.4 Å². The molecule has 2 rings (SSSR count). The molecule has 1 heterocycles. The van der Waals surface area contributed by atoms with Gasteiger partial charge in [0.05, 0.1) is 12.3 Å². The van der Waals surface area contributed by atoms with Gasteiger partial charge in [-0.25, -0.2) is 0 Å². The highest BCUT2D eigenvalue weighted by Gasteiger charge is 2.25. The van der Waals surface area contributed by atoms with E-state index in [1.54, 1.807) is 0 Å². The zero-order valence-electron chi connectivity index (χ0n) is 11.8. The van der Waals surface area contributed by atoms with Gasteiger partial charge in [0, 0.05) is 24.4 Å². The lowest BCUT2D eigenvalue weighted by Crippen LogP contribution is -2.37. The predicted octanol–water partition coefficient (Wildman–Crippen LogP) is 3.09. The number of rotatable bonds is 5. The van der Waals surface area contributed by atoms with E-state index in [0.717, 1.165) is 17.7 Å². The molecule has 0 fully saturated rings. The summed E-state index contributed by atoms with van der Waals surface area (Å²) in [4.78, 5) is 19.0. The number of hydrogen-bond donors (Lipinski definition) is 0. The molecule has 0 aliphatic carbocycles. The Morgan fingerprint density at radius 3 is 2.70 bits per heavy atom. The standard InChI is InChI=1S/C15H19ClN2O2/c1-3-15(19)18(4-2)10-13-9-14(17-20-13)11-5-7-12(16)8-6-11/h5-8,13H,3-4,9-10H2,1-2H3. The molecule has 4 nitrogen and oxygen atoms in total. The van der Waals surface area contributed by atoms with Gasteiger partial charge < -0.3 is 9.74 Å². The molecule has 1 unspecified atom stereocenters. The Bertz CT molecular complexity index is 499. The zero-order chi connectivity index (χ0) is 14.5. The third-order valence-corrected chi connectivity index (χ3v) is 3.62. The molecular formula is C15H19ClN2O2. The molecule has 0 N–H and O–H groups in total. The zero-order valence-corrected chi connectivity index (χ0v) is 12.6. The smallest absolute Gasteiger partial charge is 0.222 e. The second-order valence-electron chi connectivity index (χ2n) is 4.76. The van der Waals surface area contributed by atoms with E-state index < -0.39 is 0 Å². The molecule has 20 heavy (non-hydrogen) atoms. The van der Waals surface area contributed by atoms with Crippen molar-refractivity contribution in [3.05, 3.63) is 34.9 Å². The molecule has 1 aromatic rings. The van der Waals surface area contributed by atoms with Crippen molar-refractivity contribution < 1.29 is 9.63 Å². The molecule has 1 amide bonds. The van der Waals surface area contributed by atoms with Crippen molar-refractivity contribution in [2.45, 2.75) is 32.8 Å². The number of halogens is 1. The van der Waals surface area contributed by atoms with Crippen molar-refractivity contribution in [3.63, 3.8) is 0 Å². The monoisotopic (exact) mass is 294 g/mol. The Morgan fingerprint density at radius 1 is 1.40 bits per heavy atom. The van der Waals surface area contributed by atoms with Crippen LogP contribution in [0.4, 0.5) is 0 Å². The summed E-state index contributed by atoms with van der Waals surface area (Å²) in [6, 6.07) is 7.54. The largest absolute Gasteiger partial charge is 0.390 e. The first-order chi connectivity index (χ1) is 9.63. The third-order valence-electron chi connectivity index (χ3n) is 3.37. The van der Waals surface area contributed by atoms with Crippen LogP contribution in [0, 0.1) is 0 Å². The second-order valence-corrected chi connectivity index (χ2v) is 5.20. The molecule has 0 saturated heterocycles. The second kappa shape index (κ2) is 6.75. The van der Waals surface area contributed by atoms with E-state index in [-0.39, 0.29) is 12.0 Å². The van der Waals surface area contributed by atoms with Gasteiger partial charge in [-0.1, -0.05) is 35.8 Å². The van der Waals surface area contributed by atoms with Crippen LogP contribution in [-0.2, 0) is 9.63 Å². The van der Waals surface area contributed by atoms with E-state index in [0.29, 0.717) is 24.5 Å². The number of carbonyl (C=O) groups is 1. The average molecular weight is 295 g/mol. The number of oxime groups is 1. The van der Waals surface area contributed by atoms with Gasteiger partial charge in [-0.15, -0.1) is 0 Å². The summed E-state index contributed by atoms with van der Waals surface area (Å²) in [5.74, 6) is 0.149. The molecule has 1 aliphatic heterocycles. The average Bonchev–Trinajstić information content (AvgIpc) is 2.93. The Morgan fingerprint density at radius 2 is 2.10 bits per heavy atom. The van der Waals surface area contributed by atoms with Crippen LogP contribution < -0.4 is 0 Å². The molecule has 5 heteroatoms. The van der Waals surface area contributed by atoms with Gasteiger partial charge in [-0.3, -0.25) is 4.79 Å². The molecule has 1 aromatic carbocycles. The molecule has 0 radical (unpaired) electrons. The number of carbonyl (C=O) groups excluding carboxylic acids is 1. The fraction of sp³-hybridized carbons (Fsp3) is 0.467. The molecule has 1 atom stereocenters. The summed E-state index contributed by atoms with van der Waals surface area (Å²) in [5.41, 5.74) is 1.92. The van der Waals surface area contributed by atoms with Gasteiger partial charge in [0.25, 0.3) is 0 Å². The maximum atomic E-state index is 11.7. The van der Waals surface area contributed by atoms with Crippen molar-refractivity contribution in [3.8, 4) is 0 Å². The minimum atomic E-state index is -0.0591. The highest BCUT2D eigenvalue weighted by atomic mass is 35.5. The number of hydrogen-bond acceptors (Lipinski definition) is 3. The highest BCUT2D eigenvalue weighted by Crippen LogP contribution is 2.19. The van der Waals surface area contributed by atoms with Crippen molar-refractivity contribution in [1.29, 1.82) is 0 Å². The van der Waals surface area contributed by atoms with E-state index in [2.05, 4.69) is 5.16 Å². The molecule has 1 aliphatic rings. The molecule has 0 spiro atoms. The molecule has 0 saturated carbocycles. The lowest BCUT2D eigenvalue weighted by Gasteiger charge is -2.22. The summed E-state index contributed by atoms with van der Waals surface area (Å²) < 4.78 is 0. The third kappa shape index (κ3) is 3.51. The van der Waals surface area contributed by atoms with Crippen LogP contribution in [0.1, 0.15) is 32.3 Å². The topological polar surface area (TPSA) is 41.9 Å². The van der Waals surface area contributed by atoms with E-state index in [1.807, 2.05) is 43.0 Å². The van der Waals surface area contributed by atoms with Crippen molar-refractivity contribution in [2.24, 2.45) is 5.16 Å². The SMILES string of the molecule is CCC(=O)N(CC)CC1CC(c2ccc(Cl)cc2)=NO1. The summed E-state index contributed by atoms with van der Waals surface area (Å²) in [6.07, 6.45) is 1.18. The van der Waals surface area contributed by atoms with Crippen LogP contribution in [-0.4, -0.2) is 35.7 Å². The van der Waals surface area contributed by atoms with Crippen LogP contribution in [0.2, 0.25) is 5.02 Å². The summed E-state index contributed by atoms with van der Waals surface area (Å²) in [6.45, 7) is 5.13. The number of benzene rings is 1. The minimum absolute atomic E-state index is 0.0591. The van der Waals surface area contributed by atoms with Crippen LogP contribution >= 0.6 is 11.6 Å². The highest BCUT2D eigenvalue weighted by molar-refractivity contribution is 6.30. The number of amides is 1. The van der Waals surface area contributed by atoms with Crippen LogP contribution in [0.15, 0.2) is 29.4 Å². The van der Waals surface area contributed by atoms with Gasteiger partial charge in [0.1, 0.15) is 0 Å². The first kappa shape index (κ1) is 14.9. The summed E-state index contributed by atoms with van der Waals surface area (Å²) in [7, 11) is 0. The van der Waals surface area contributed by atoms with Crippen LogP contribution in [0.25, 0.3) is 0 Å². The fourth-order valence-electron chi connectivity index (χ4n) is 2.22. The van der Waals surface area contributed by atoms with Crippen LogP contribution in [0.5, 0.6) is 0 Å². The van der Waals surface area contributed by atoms with Crippen molar-refractivity contribution in [2.75, 3.05) is 13.1 Å². The normalized spacial score (nSPS) is 17.6. The Kier molecular flexibility index (Phi) is 5.01. The Labute approximate surface area is 124 Å². The van der Waals surface area contributed by atoms with E-state index >= 15 is 0 Å². The van der Waals surface area contributed by atoms with Gasteiger partial charge >= 0.3 is 0 Å². The molecule has 0 aromatic heterocycles. The van der Waals surface area contributed by atoms with E-state index in [9.17, 15) is 4.79 Å². The molecule has 108 valence electrons. The number of nitrogens with zero attached hydrogens (tertiary/aromatic N) is 2. The first-order valence-corrected chi connectivity index (χ1v) is 7.28. The van der Waals surface area contributed by atoms with Gasteiger partial charge in [0.2, 0.25) is 5.91 Å². The lowest BCUT2D eigenvalue weighted by atomic mass is 10.0. The first-order valence-electron chi connectivity index (χ1n) is 6.90. The number of likely N-dealkylation sites (N-methyl/N-ethyl adjacent to an activating group) is 1. The van der Waals surface area contributed by atoms with Crippen molar-refractivity contribution >= 4 is 23.2 Å². The Balaban J connectivity index is 1.94. The predicted molar refractivity (Wildman–Crippen MR) is 80.0 cm³/mol. The maximum Gasteiger partial charge on any atom is 0.222 e. The lowest BCUT2D eigenvalue weighted by molar-refractivity contribution is -0.132. The fourth-order valence-corrected chi connectivity index (χ4v) is 2.34. The maximum absolute atomic E-state index is 11.7. The minimum Gasteiger partial charge on any atom is -0.390 e. The quantitative estimate of drug-likeness (QED) is 0.837. The van der Waals surface area contributed by atoms with Crippen molar-refractivity contribution in [1.82, 2.24) is 4.90 Å². The molecule has 0 bridgehead atoms. The molecular weight excluding hydrogens is 276 g/mol.